The number of carbonyl (C=O) groups is 1. The smallest absolute Gasteiger partial charge is 0.286 e. The molecule has 24 heavy (non-hydrogen) atoms. The van der Waals surface area contributed by atoms with Gasteiger partial charge in [-0.25, -0.2) is 4.98 Å². The Morgan fingerprint density at radius 3 is 2.96 bits per heavy atom. The van der Waals surface area contributed by atoms with Gasteiger partial charge in [-0.3, -0.25) is 14.7 Å². The second-order valence-corrected chi connectivity index (χ2v) is 6.10. The second-order valence-electron chi connectivity index (χ2n) is 6.10. The molecule has 1 aromatic carbocycles. The quantitative estimate of drug-likeness (QED) is 0.736. The van der Waals surface area contributed by atoms with Crippen LogP contribution in [0.5, 0.6) is 0 Å². The number of hydrogen-bond donors (Lipinski definition) is 2. The maximum Gasteiger partial charge on any atom is 0.286 e. The van der Waals surface area contributed by atoms with Gasteiger partial charge in [0.05, 0.1) is 0 Å². The van der Waals surface area contributed by atoms with E-state index in [1.54, 1.807) is 6.92 Å². The molecule has 122 valence electrons. The third kappa shape index (κ3) is 2.47. The number of rotatable bonds is 2. The number of aryl methyl sites for hydroxylation is 2. The summed E-state index contributed by atoms with van der Waals surface area (Å²) in [5.74, 6) is 0.445. The molecule has 0 aliphatic heterocycles. The van der Waals surface area contributed by atoms with E-state index in [2.05, 4.69) is 32.5 Å². The van der Waals surface area contributed by atoms with Crippen LogP contribution in [0.4, 0.5) is 0 Å². The van der Waals surface area contributed by atoms with Crippen LogP contribution < -0.4 is 10.9 Å². The van der Waals surface area contributed by atoms with Gasteiger partial charge in [-0.2, -0.15) is 9.50 Å². The van der Waals surface area contributed by atoms with Crippen molar-refractivity contribution in [3.63, 3.8) is 0 Å². The van der Waals surface area contributed by atoms with Gasteiger partial charge in [0.25, 0.3) is 17.2 Å². The fraction of sp³-hybridized carbons (Fsp3) is 0.294. The van der Waals surface area contributed by atoms with E-state index in [1.807, 2.05) is 12.1 Å². The van der Waals surface area contributed by atoms with E-state index in [0.29, 0.717) is 5.82 Å². The predicted molar refractivity (Wildman–Crippen MR) is 88.1 cm³/mol. The van der Waals surface area contributed by atoms with E-state index in [-0.39, 0.29) is 17.4 Å². The molecule has 4 rings (SSSR count). The van der Waals surface area contributed by atoms with Crippen molar-refractivity contribution in [3.8, 4) is 0 Å². The van der Waals surface area contributed by atoms with Crippen LogP contribution in [0.2, 0.25) is 0 Å². The summed E-state index contributed by atoms with van der Waals surface area (Å²) >= 11 is 0. The molecule has 2 heterocycles. The molecule has 1 amide bonds. The van der Waals surface area contributed by atoms with Crippen molar-refractivity contribution in [1.82, 2.24) is 24.9 Å². The van der Waals surface area contributed by atoms with Crippen LogP contribution in [-0.2, 0) is 12.8 Å². The van der Waals surface area contributed by atoms with Gasteiger partial charge in [0, 0.05) is 12.2 Å². The lowest BCUT2D eigenvalue weighted by atomic mass is 9.88. The molecule has 0 fully saturated rings. The van der Waals surface area contributed by atoms with Crippen LogP contribution in [0, 0.1) is 6.92 Å². The highest BCUT2D eigenvalue weighted by Gasteiger charge is 2.22. The lowest BCUT2D eigenvalue weighted by molar-refractivity contribution is 0.0931. The van der Waals surface area contributed by atoms with Crippen LogP contribution in [0.15, 0.2) is 35.3 Å². The van der Waals surface area contributed by atoms with Crippen molar-refractivity contribution in [2.24, 2.45) is 0 Å². The van der Waals surface area contributed by atoms with E-state index in [1.165, 1.54) is 21.8 Å². The maximum atomic E-state index is 12.5. The molecular weight excluding hydrogens is 306 g/mol. The van der Waals surface area contributed by atoms with Gasteiger partial charge >= 0.3 is 0 Å². The first-order chi connectivity index (χ1) is 11.6. The number of benzene rings is 1. The topological polar surface area (TPSA) is 92.2 Å². The number of H-pyrrole nitrogens is 1. The third-order valence-corrected chi connectivity index (χ3v) is 4.41. The minimum atomic E-state index is -0.436. The molecule has 2 N–H and O–H groups in total. The average molecular weight is 323 g/mol. The van der Waals surface area contributed by atoms with Crippen molar-refractivity contribution in [2.75, 3.05) is 0 Å². The largest absolute Gasteiger partial charge is 0.349 e. The highest BCUT2D eigenvalue weighted by atomic mass is 16.2. The molecule has 3 aromatic rings. The predicted octanol–water partition coefficient (Wildman–Crippen LogP) is 1.01. The monoisotopic (exact) mass is 323 g/mol. The van der Waals surface area contributed by atoms with Gasteiger partial charge in [-0.05, 0) is 37.3 Å². The first kappa shape index (κ1) is 14.6. The number of carbonyl (C=O) groups excluding carboxylic acids is 1. The van der Waals surface area contributed by atoms with E-state index in [0.717, 1.165) is 19.3 Å². The summed E-state index contributed by atoms with van der Waals surface area (Å²) in [6, 6.07) is 8.28. The van der Waals surface area contributed by atoms with Crippen LogP contribution in [0.25, 0.3) is 5.78 Å². The molecule has 7 nitrogen and oxygen atoms in total. The third-order valence-electron chi connectivity index (χ3n) is 4.41. The Morgan fingerprint density at radius 1 is 1.33 bits per heavy atom. The minimum Gasteiger partial charge on any atom is -0.349 e. The van der Waals surface area contributed by atoms with Crippen molar-refractivity contribution in [1.29, 1.82) is 0 Å². The Balaban J connectivity index is 1.57. The summed E-state index contributed by atoms with van der Waals surface area (Å²) in [5, 5.41) is 5.75. The van der Waals surface area contributed by atoms with Crippen LogP contribution >= 0.6 is 0 Å². The molecule has 1 unspecified atom stereocenters. The fourth-order valence-electron chi connectivity index (χ4n) is 3.20. The van der Waals surface area contributed by atoms with Gasteiger partial charge in [-0.1, -0.05) is 24.3 Å². The van der Waals surface area contributed by atoms with E-state index in [9.17, 15) is 9.59 Å². The molecule has 7 heteroatoms. The Kier molecular flexibility index (Phi) is 3.41. The Hall–Kier alpha value is -2.96. The summed E-state index contributed by atoms with van der Waals surface area (Å²) < 4.78 is 1.19. The fourth-order valence-corrected chi connectivity index (χ4v) is 3.20. The number of aromatic amines is 1. The first-order valence-corrected chi connectivity index (χ1v) is 7.94. The number of hydrogen-bond acceptors (Lipinski definition) is 4. The summed E-state index contributed by atoms with van der Waals surface area (Å²) in [6.07, 6.45) is 3.87. The second kappa shape index (κ2) is 5.59. The highest BCUT2D eigenvalue weighted by molar-refractivity contribution is 5.93. The maximum absolute atomic E-state index is 12.5. The van der Waals surface area contributed by atoms with Crippen molar-refractivity contribution < 1.29 is 4.79 Å². The molecule has 0 saturated carbocycles. The van der Waals surface area contributed by atoms with E-state index >= 15 is 0 Å². The normalized spacial score (nSPS) is 16.8. The van der Waals surface area contributed by atoms with Crippen LogP contribution in [-0.4, -0.2) is 31.5 Å². The van der Waals surface area contributed by atoms with Gasteiger partial charge in [0.2, 0.25) is 0 Å². The molecule has 1 aliphatic carbocycles. The zero-order chi connectivity index (χ0) is 16.7. The van der Waals surface area contributed by atoms with Crippen molar-refractivity contribution >= 4 is 11.7 Å². The first-order valence-electron chi connectivity index (χ1n) is 7.94. The Morgan fingerprint density at radius 2 is 2.12 bits per heavy atom. The Labute approximate surface area is 137 Å². The highest BCUT2D eigenvalue weighted by Crippen LogP contribution is 2.21. The van der Waals surface area contributed by atoms with Crippen molar-refractivity contribution in [2.45, 2.75) is 32.2 Å². The molecule has 1 aliphatic rings. The molecule has 0 saturated heterocycles. The zero-order valence-corrected chi connectivity index (χ0v) is 13.2. The number of nitrogens with one attached hydrogen (secondary N) is 2. The van der Waals surface area contributed by atoms with Crippen LogP contribution in [0.3, 0.4) is 0 Å². The van der Waals surface area contributed by atoms with Gasteiger partial charge in [0.1, 0.15) is 11.4 Å². The van der Waals surface area contributed by atoms with Crippen LogP contribution in [0.1, 0.15) is 33.7 Å². The zero-order valence-electron chi connectivity index (χ0n) is 13.2. The lowest BCUT2D eigenvalue weighted by Gasteiger charge is -2.25. The minimum absolute atomic E-state index is 0.0232. The van der Waals surface area contributed by atoms with E-state index in [4.69, 9.17) is 0 Å². The molecule has 1 atom stereocenters. The molecule has 0 bridgehead atoms. The summed E-state index contributed by atoms with van der Waals surface area (Å²) in [5.41, 5.74) is 2.17. The summed E-state index contributed by atoms with van der Waals surface area (Å²) in [4.78, 5) is 33.1. The standard InChI is InChI=1S/C17H17N5O2/c1-10-19-17-18-9-14(16(24)22(17)21-10)15(23)20-13-7-6-11-4-2-3-5-12(11)8-13/h2-5,9,13H,6-8H2,1H3,(H,20,23)(H,18,19,21). The lowest BCUT2D eigenvalue weighted by Crippen LogP contribution is -2.41. The van der Waals surface area contributed by atoms with Gasteiger partial charge < -0.3 is 5.32 Å². The van der Waals surface area contributed by atoms with E-state index < -0.39 is 11.5 Å². The molecule has 0 radical (unpaired) electrons. The Bertz CT molecular complexity index is 988. The SMILES string of the molecule is Cc1nc2ncc(C(=O)NC3CCc4ccccc4C3)c(=O)n2[nH]1. The number of amides is 1. The van der Waals surface area contributed by atoms with Gasteiger partial charge in [-0.15, -0.1) is 0 Å². The number of aromatic nitrogens is 4. The average Bonchev–Trinajstić information content (AvgIpc) is 2.96. The van der Waals surface area contributed by atoms with Crippen molar-refractivity contribution in [3.05, 3.63) is 63.3 Å². The summed E-state index contributed by atoms with van der Waals surface area (Å²) in [6.45, 7) is 1.73. The number of nitrogens with zero attached hydrogens (tertiary/aromatic N) is 3. The number of fused-ring (bicyclic) bond motifs is 2. The molecule has 2 aromatic heterocycles. The molecular formula is C17H17N5O2. The summed E-state index contributed by atoms with van der Waals surface area (Å²) in [7, 11) is 0. The van der Waals surface area contributed by atoms with Gasteiger partial charge in [0.15, 0.2) is 0 Å². The molecule has 0 spiro atoms.